The zero-order valence-electron chi connectivity index (χ0n) is 9.82. The van der Waals surface area contributed by atoms with Crippen molar-refractivity contribution in [3.63, 3.8) is 0 Å². The highest BCUT2D eigenvalue weighted by Crippen LogP contribution is 2.64. The van der Waals surface area contributed by atoms with Crippen molar-refractivity contribution in [1.82, 2.24) is 0 Å². The molecule has 5 nitrogen and oxygen atoms in total. The van der Waals surface area contributed by atoms with Gasteiger partial charge in [0.25, 0.3) is 10.1 Å². The van der Waals surface area contributed by atoms with Gasteiger partial charge >= 0.3 is 0 Å². The number of rotatable bonds is 4. The van der Waals surface area contributed by atoms with E-state index in [-0.39, 0.29) is 0 Å². The SMILES string of the molecule is CC1(C)C(C(=O)[O-])C1C(OS(C)(=O)=O)C(Br)(Br)Br. The Balaban J connectivity index is 3.05. The van der Waals surface area contributed by atoms with Crippen LogP contribution in [0.3, 0.4) is 0 Å². The van der Waals surface area contributed by atoms with Gasteiger partial charge in [0.05, 0.1) is 6.26 Å². The third-order valence-electron chi connectivity index (χ3n) is 3.09. The van der Waals surface area contributed by atoms with E-state index in [9.17, 15) is 18.3 Å². The largest absolute Gasteiger partial charge is 0.550 e. The Bertz CT molecular complexity index is 453. The van der Waals surface area contributed by atoms with Crippen LogP contribution >= 0.6 is 47.8 Å². The molecule has 1 aliphatic rings. The Kier molecular flexibility index (Phi) is 4.67. The normalized spacial score (nSPS) is 28.8. The third-order valence-corrected chi connectivity index (χ3v) is 5.00. The molecule has 0 aliphatic heterocycles. The molecular weight excluding hydrogens is 460 g/mol. The summed E-state index contributed by atoms with van der Waals surface area (Å²) in [6, 6.07) is 0. The Morgan fingerprint density at radius 1 is 1.39 bits per heavy atom. The number of hydrogen-bond acceptors (Lipinski definition) is 5. The lowest BCUT2D eigenvalue weighted by Crippen LogP contribution is -2.35. The van der Waals surface area contributed by atoms with E-state index in [2.05, 4.69) is 47.8 Å². The Morgan fingerprint density at radius 3 is 2.06 bits per heavy atom. The van der Waals surface area contributed by atoms with Crippen LogP contribution in [0.4, 0.5) is 0 Å². The van der Waals surface area contributed by atoms with E-state index in [0.29, 0.717) is 0 Å². The zero-order valence-corrected chi connectivity index (χ0v) is 15.4. The van der Waals surface area contributed by atoms with Crippen molar-refractivity contribution < 1.29 is 22.5 Å². The second kappa shape index (κ2) is 4.98. The fourth-order valence-electron chi connectivity index (χ4n) is 2.20. The quantitative estimate of drug-likeness (QED) is 0.454. The summed E-state index contributed by atoms with van der Waals surface area (Å²) in [7, 11) is -3.71. The van der Waals surface area contributed by atoms with Gasteiger partial charge in [0, 0.05) is 17.8 Å². The number of carbonyl (C=O) groups excluding carboxylic acids is 1. The van der Waals surface area contributed by atoms with Crippen LogP contribution in [-0.2, 0) is 19.1 Å². The van der Waals surface area contributed by atoms with Crippen molar-refractivity contribution in [3.05, 3.63) is 0 Å². The van der Waals surface area contributed by atoms with Crippen molar-refractivity contribution in [2.24, 2.45) is 17.3 Å². The van der Waals surface area contributed by atoms with Crippen LogP contribution in [0.5, 0.6) is 0 Å². The molecule has 1 saturated carbocycles. The predicted octanol–water partition coefficient (Wildman–Crippen LogP) is 1.19. The van der Waals surface area contributed by atoms with Crippen molar-refractivity contribution in [2.45, 2.75) is 22.1 Å². The number of hydrogen-bond donors (Lipinski definition) is 0. The first-order valence-electron chi connectivity index (χ1n) is 4.94. The summed E-state index contributed by atoms with van der Waals surface area (Å²) >= 11 is 9.59. The van der Waals surface area contributed by atoms with Gasteiger partial charge in [-0.3, -0.25) is 4.18 Å². The summed E-state index contributed by atoms with van der Waals surface area (Å²) in [4.78, 5) is 11.0. The van der Waals surface area contributed by atoms with E-state index in [1.165, 1.54) is 0 Å². The summed E-state index contributed by atoms with van der Waals surface area (Å²) < 4.78 is 26.5. The molecule has 9 heteroatoms. The summed E-state index contributed by atoms with van der Waals surface area (Å²) in [6.07, 6.45) is 0.00713. The predicted molar refractivity (Wildman–Crippen MR) is 75.0 cm³/mol. The molecule has 106 valence electrons. The van der Waals surface area contributed by atoms with Crippen LogP contribution in [0.15, 0.2) is 0 Å². The molecule has 0 saturated heterocycles. The fraction of sp³-hybridized carbons (Fsp3) is 0.889. The highest BCUT2D eigenvalue weighted by molar-refractivity contribution is 9.39. The summed E-state index contributed by atoms with van der Waals surface area (Å²) in [5.41, 5.74) is -0.589. The minimum absolute atomic E-state index is 0.490. The first-order chi connectivity index (χ1) is 7.78. The van der Waals surface area contributed by atoms with Gasteiger partial charge in [-0.1, -0.05) is 61.6 Å². The van der Waals surface area contributed by atoms with Gasteiger partial charge in [-0.2, -0.15) is 8.42 Å². The van der Waals surface area contributed by atoms with Gasteiger partial charge in [-0.25, -0.2) is 0 Å². The second-order valence-electron chi connectivity index (χ2n) is 4.91. The molecule has 3 atom stereocenters. The molecule has 0 aromatic carbocycles. The van der Waals surface area contributed by atoms with Crippen LogP contribution < -0.4 is 5.11 Å². The van der Waals surface area contributed by atoms with Crippen LogP contribution in [0.2, 0.25) is 0 Å². The molecule has 0 aromatic rings. The monoisotopic (exact) mass is 469 g/mol. The Labute approximate surface area is 131 Å². The van der Waals surface area contributed by atoms with Gasteiger partial charge in [-0.05, 0) is 5.41 Å². The number of aliphatic carboxylic acids is 1. The molecule has 0 radical (unpaired) electrons. The summed E-state index contributed by atoms with van der Waals surface area (Å²) in [5.74, 6) is -2.45. The van der Waals surface area contributed by atoms with E-state index in [0.717, 1.165) is 6.26 Å². The molecule has 0 aromatic heterocycles. The molecule has 18 heavy (non-hydrogen) atoms. The Morgan fingerprint density at radius 2 is 1.83 bits per heavy atom. The standard InChI is InChI=1S/C9H13Br3O5S/c1-8(2)4(5(8)7(13)14)6(9(10,11)12)17-18(3,15)16/h4-6H,1-3H3,(H,13,14)/p-1. The Hall–Kier alpha value is 0.820. The summed E-state index contributed by atoms with van der Waals surface area (Å²) in [6.45, 7) is 3.46. The average Bonchev–Trinajstić information content (AvgIpc) is 2.60. The van der Waals surface area contributed by atoms with Crippen molar-refractivity contribution in [3.8, 4) is 0 Å². The molecular formula is C9H12Br3O5S-. The van der Waals surface area contributed by atoms with Crippen LogP contribution in [0.25, 0.3) is 0 Å². The molecule has 0 N–H and O–H groups in total. The van der Waals surface area contributed by atoms with E-state index in [1.807, 2.05) is 0 Å². The molecule has 0 amide bonds. The number of carboxylic acids is 1. The number of carbonyl (C=O) groups is 1. The lowest BCUT2D eigenvalue weighted by atomic mass is 10.1. The first kappa shape index (κ1) is 16.9. The maximum absolute atomic E-state index is 11.3. The molecule has 1 aliphatic carbocycles. The molecule has 1 rings (SSSR count). The molecule has 0 heterocycles. The molecule has 3 unspecified atom stereocenters. The highest BCUT2D eigenvalue weighted by Gasteiger charge is 2.65. The van der Waals surface area contributed by atoms with Gasteiger partial charge < -0.3 is 9.90 Å². The van der Waals surface area contributed by atoms with E-state index in [4.69, 9.17) is 4.18 Å². The van der Waals surface area contributed by atoms with E-state index < -0.39 is 41.6 Å². The first-order valence-corrected chi connectivity index (χ1v) is 9.14. The van der Waals surface area contributed by atoms with Crippen LogP contribution in [-0.4, -0.2) is 28.9 Å². The minimum Gasteiger partial charge on any atom is -0.550 e. The second-order valence-corrected chi connectivity index (χ2v) is 13.5. The highest BCUT2D eigenvalue weighted by atomic mass is 80.0. The minimum atomic E-state index is -3.71. The average molecular weight is 472 g/mol. The number of alkyl halides is 3. The maximum Gasteiger partial charge on any atom is 0.264 e. The van der Waals surface area contributed by atoms with Crippen molar-refractivity contribution in [2.75, 3.05) is 6.26 Å². The van der Waals surface area contributed by atoms with Crippen molar-refractivity contribution in [1.29, 1.82) is 0 Å². The maximum atomic E-state index is 11.3. The van der Waals surface area contributed by atoms with E-state index in [1.54, 1.807) is 13.8 Å². The van der Waals surface area contributed by atoms with Crippen LogP contribution in [0, 0.1) is 17.3 Å². The lowest BCUT2D eigenvalue weighted by molar-refractivity contribution is -0.309. The number of halogens is 3. The molecule has 0 bridgehead atoms. The molecule has 1 fully saturated rings. The van der Waals surface area contributed by atoms with Crippen LogP contribution in [0.1, 0.15) is 13.8 Å². The smallest absolute Gasteiger partial charge is 0.264 e. The topological polar surface area (TPSA) is 83.5 Å². The molecule has 0 spiro atoms. The zero-order chi connectivity index (χ0) is 14.5. The lowest BCUT2D eigenvalue weighted by Gasteiger charge is -2.26. The van der Waals surface area contributed by atoms with Crippen molar-refractivity contribution >= 4 is 63.9 Å². The number of carboxylic acid groups (broad SMARTS) is 1. The third kappa shape index (κ3) is 3.68. The van der Waals surface area contributed by atoms with Gasteiger partial charge in [0.2, 0.25) is 0 Å². The summed E-state index contributed by atoms with van der Waals surface area (Å²) in [5, 5.41) is 11.0. The fourth-order valence-corrected chi connectivity index (χ4v) is 4.35. The van der Waals surface area contributed by atoms with Gasteiger partial charge in [0.15, 0.2) is 2.14 Å². The van der Waals surface area contributed by atoms with Gasteiger partial charge in [-0.15, -0.1) is 0 Å². The van der Waals surface area contributed by atoms with Gasteiger partial charge in [0.1, 0.15) is 6.10 Å². The van der Waals surface area contributed by atoms with E-state index >= 15 is 0 Å².